The van der Waals surface area contributed by atoms with Gasteiger partial charge in [0.05, 0.1) is 0 Å². The summed E-state index contributed by atoms with van der Waals surface area (Å²) in [6.45, 7) is 0.860. The quantitative estimate of drug-likeness (QED) is 0.878. The van der Waals surface area contributed by atoms with Gasteiger partial charge in [0, 0.05) is 34.7 Å². The Morgan fingerprint density at radius 2 is 2.22 bits per heavy atom. The van der Waals surface area contributed by atoms with Crippen LogP contribution < -0.4 is 10.6 Å². The Morgan fingerprint density at radius 1 is 1.35 bits per heavy atom. The van der Waals surface area contributed by atoms with Crippen molar-refractivity contribution in [3.05, 3.63) is 29.3 Å². The van der Waals surface area contributed by atoms with Crippen LogP contribution in [-0.4, -0.2) is 17.6 Å². The first-order chi connectivity index (χ1) is 11.2. The molecule has 0 radical (unpaired) electrons. The average molecular weight is 307 g/mol. The van der Waals surface area contributed by atoms with Gasteiger partial charge in [0.1, 0.15) is 0 Å². The van der Waals surface area contributed by atoms with E-state index in [0.29, 0.717) is 11.7 Å². The van der Waals surface area contributed by atoms with Crippen LogP contribution in [0.3, 0.4) is 0 Å². The number of carbonyl (C=O) groups excluding carboxylic acids is 1. The van der Waals surface area contributed by atoms with Crippen LogP contribution in [0.1, 0.15) is 30.4 Å². The molecular weight excluding hydrogens is 290 g/mol. The first kappa shape index (κ1) is 12.2. The van der Waals surface area contributed by atoms with E-state index < -0.39 is 0 Å². The molecule has 1 aromatic carbocycles. The summed E-state index contributed by atoms with van der Waals surface area (Å²) in [4.78, 5) is 14.3. The van der Waals surface area contributed by atoms with Crippen molar-refractivity contribution in [3.8, 4) is 11.3 Å². The van der Waals surface area contributed by atoms with Crippen molar-refractivity contribution in [1.82, 2.24) is 5.16 Å². The Morgan fingerprint density at radius 3 is 2.96 bits per heavy atom. The molecule has 3 fully saturated rings. The van der Waals surface area contributed by atoms with Crippen molar-refractivity contribution in [3.63, 3.8) is 0 Å². The molecule has 5 heteroatoms. The third-order valence-electron chi connectivity index (χ3n) is 6.24. The molecule has 5 nitrogen and oxygen atoms in total. The lowest BCUT2D eigenvalue weighted by Crippen LogP contribution is -2.28. The highest BCUT2D eigenvalue weighted by Crippen LogP contribution is 2.58. The van der Waals surface area contributed by atoms with Crippen LogP contribution in [0.2, 0.25) is 0 Å². The standard InChI is InChI=1S/C18H17N3O2/c19-16-13-7-18(3-4-18)14-2-1-10(6-12(14)15(13)23-20-16)21-8-9-5-11(9)17(21)22/h1-2,6,9,11H,3-5,7-8H2,(H2,19,20)/t9-,11-/m0/s1. The van der Waals surface area contributed by atoms with Crippen LogP contribution in [0, 0.1) is 11.8 Å². The van der Waals surface area contributed by atoms with Crippen LogP contribution in [-0.2, 0) is 16.6 Å². The number of benzene rings is 1. The topological polar surface area (TPSA) is 72.4 Å². The van der Waals surface area contributed by atoms with Gasteiger partial charge >= 0.3 is 0 Å². The molecule has 0 bridgehead atoms. The Kier molecular flexibility index (Phi) is 1.91. The summed E-state index contributed by atoms with van der Waals surface area (Å²) in [5, 5.41) is 3.97. The minimum absolute atomic E-state index is 0.220. The lowest BCUT2D eigenvalue weighted by molar-refractivity contribution is -0.118. The Balaban J connectivity index is 1.52. The van der Waals surface area contributed by atoms with E-state index in [1.165, 1.54) is 18.4 Å². The molecule has 2 atom stereocenters. The lowest BCUT2D eigenvalue weighted by atomic mass is 9.79. The lowest BCUT2D eigenvalue weighted by Gasteiger charge is -2.26. The van der Waals surface area contributed by atoms with E-state index in [1.54, 1.807) is 0 Å². The largest absolute Gasteiger partial charge is 0.381 e. The number of carbonyl (C=O) groups is 1. The number of piperidine rings is 1. The minimum Gasteiger partial charge on any atom is -0.381 e. The highest BCUT2D eigenvalue weighted by molar-refractivity contribution is 6.00. The average Bonchev–Trinajstić information content (AvgIpc) is 3.44. The number of anilines is 2. The van der Waals surface area contributed by atoms with Crippen molar-refractivity contribution in [2.75, 3.05) is 17.2 Å². The third-order valence-corrected chi connectivity index (χ3v) is 6.24. The first-order valence-electron chi connectivity index (χ1n) is 8.37. The fraction of sp³-hybridized carbons (Fsp3) is 0.444. The van der Waals surface area contributed by atoms with Gasteiger partial charge in [-0.05, 0) is 49.3 Å². The van der Waals surface area contributed by atoms with Gasteiger partial charge in [-0.25, -0.2) is 0 Å². The molecule has 2 saturated carbocycles. The fourth-order valence-electron chi connectivity index (χ4n) is 4.59. The first-order valence-corrected chi connectivity index (χ1v) is 8.37. The summed E-state index contributed by atoms with van der Waals surface area (Å²) in [5.74, 6) is 2.45. The molecule has 6 rings (SSSR count). The summed E-state index contributed by atoms with van der Waals surface area (Å²) in [5.41, 5.74) is 10.7. The molecule has 4 aliphatic rings. The van der Waals surface area contributed by atoms with E-state index in [1.807, 2.05) is 4.90 Å². The molecule has 2 N–H and O–H groups in total. The van der Waals surface area contributed by atoms with Gasteiger partial charge in [-0.2, -0.15) is 0 Å². The molecule has 23 heavy (non-hydrogen) atoms. The minimum atomic E-state index is 0.220. The van der Waals surface area contributed by atoms with E-state index in [2.05, 4.69) is 23.4 Å². The van der Waals surface area contributed by atoms with E-state index in [4.69, 9.17) is 10.3 Å². The second kappa shape index (κ2) is 3.61. The van der Waals surface area contributed by atoms with Gasteiger partial charge in [-0.3, -0.25) is 4.79 Å². The second-order valence-corrected chi connectivity index (χ2v) is 7.61. The molecule has 2 heterocycles. The van der Waals surface area contributed by atoms with Crippen LogP contribution >= 0.6 is 0 Å². The number of hydrogen-bond donors (Lipinski definition) is 1. The van der Waals surface area contributed by atoms with E-state index >= 15 is 0 Å². The number of rotatable bonds is 1. The summed E-state index contributed by atoms with van der Waals surface area (Å²) in [7, 11) is 0. The van der Waals surface area contributed by atoms with Crippen molar-refractivity contribution in [1.29, 1.82) is 0 Å². The number of nitrogen functional groups attached to an aromatic ring is 1. The molecule has 1 aliphatic heterocycles. The second-order valence-electron chi connectivity index (χ2n) is 7.61. The molecule has 1 aromatic heterocycles. The number of amides is 1. The number of nitrogens with zero attached hydrogens (tertiary/aromatic N) is 2. The number of nitrogens with two attached hydrogens (primary N) is 1. The van der Waals surface area contributed by atoms with Crippen LogP contribution in [0.25, 0.3) is 11.3 Å². The molecular formula is C18H17N3O2. The van der Waals surface area contributed by atoms with Crippen molar-refractivity contribution >= 4 is 17.4 Å². The van der Waals surface area contributed by atoms with Crippen LogP contribution in [0.15, 0.2) is 22.7 Å². The maximum Gasteiger partial charge on any atom is 0.230 e. The van der Waals surface area contributed by atoms with Crippen molar-refractivity contribution < 1.29 is 9.32 Å². The number of hydrogen-bond acceptors (Lipinski definition) is 4. The molecule has 0 unspecified atom stereocenters. The number of fused-ring (bicyclic) bond motifs is 5. The Hall–Kier alpha value is -2.30. The van der Waals surface area contributed by atoms with Gasteiger partial charge in [-0.15, -0.1) is 0 Å². The summed E-state index contributed by atoms with van der Waals surface area (Å²) < 4.78 is 5.53. The zero-order valence-corrected chi connectivity index (χ0v) is 12.7. The smallest absolute Gasteiger partial charge is 0.230 e. The predicted molar refractivity (Wildman–Crippen MR) is 84.9 cm³/mol. The predicted octanol–water partition coefficient (Wildman–Crippen LogP) is 2.49. The maximum absolute atomic E-state index is 12.4. The monoisotopic (exact) mass is 307 g/mol. The van der Waals surface area contributed by atoms with Gasteiger partial charge in [0.25, 0.3) is 0 Å². The Labute approximate surface area is 133 Å². The van der Waals surface area contributed by atoms with E-state index in [9.17, 15) is 4.79 Å². The van der Waals surface area contributed by atoms with Gasteiger partial charge in [-0.1, -0.05) is 11.2 Å². The molecule has 3 aliphatic carbocycles. The number of aromatic nitrogens is 1. The highest BCUT2D eigenvalue weighted by Gasteiger charge is 2.53. The maximum atomic E-state index is 12.4. The van der Waals surface area contributed by atoms with Gasteiger partial charge in [0.15, 0.2) is 11.6 Å². The third kappa shape index (κ3) is 1.43. The van der Waals surface area contributed by atoms with E-state index in [0.717, 1.165) is 42.0 Å². The SMILES string of the molecule is Nc1noc2c1CC1(CC1)c1ccc(N3C[C@@H]4C[C@@H]4C3=O)cc1-2. The molecule has 116 valence electrons. The summed E-state index contributed by atoms with van der Waals surface area (Å²) >= 11 is 0. The van der Waals surface area contributed by atoms with Crippen molar-refractivity contribution in [2.24, 2.45) is 11.8 Å². The highest BCUT2D eigenvalue weighted by atomic mass is 16.5. The summed E-state index contributed by atoms with van der Waals surface area (Å²) in [6, 6.07) is 6.41. The van der Waals surface area contributed by atoms with Crippen molar-refractivity contribution in [2.45, 2.75) is 31.1 Å². The van der Waals surface area contributed by atoms with E-state index in [-0.39, 0.29) is 17.2 Å². The summed E-state index contributed by atoms with van der Waals surface area (Å²) in [6.07, 6.45) is 4.38. The zero-order chi connectivity index (χ0) is 15.3. The molecule has 1 amide bonds. The molecule has 2 aromatic rings. The zero-order valence-electron chi connectivity index (χ0n) is 12.7. The van der Waals surface area contributed by atoms with Crippen LogP contribution in [0.5, 0.6) is 0 Å². The van der Waals surface area contributed by atoms with Crippen LogP contribution in [0.4, 0.5) is 11.5 Å². The molecule has 1 spiro atoms. The van der Waals surface area contributed by atoms with Gasteiger partial charge in [0.2, 0.25) is 5.91 Å². The normalized spacial score (nSPS) is 28.5. The fourth-order valence-corrected chi connectivity index (χ4v) is 4.59. The molecule has 1 saturated heterocycles. The van der Waals surface area contributed by atoms with Gasteiger partial charge < -0.3 is 15.2 Å². The Bertz CT molecular complexity index is 880.